The van der Waals surface area contributed by atoms with Crippen molar-refractivity contribution in [2.24, 2.45) is 0 Å². The molecule has 8 nitrogen and oxygen atoms in total. The second kappa shape index (κ2) is 11.3. The summed E-state index contributed by atoms with van der Waals surface area (Å²) in [7, 11) is 0. The molecule has 2 saturated heterocycles. The Hall–Kier alpha value is -2.98. The standard InChI is InChI=1S/C28H35ClF2N4O4/c1-27(2,38)17-6-9-22(21(29)11-17)39-28(3,4)26(37)34-18-12-19-7-8-20(13-18)35(19)24-10-5-16(14-32-24)25(36)33-15-23(30)31/h5-6,9-11,14,18-20,23,38H,7-8,12-13,15H2,1-4H3,(H,33,36)(H,34,37)/t18-,19+,20-. The van der Waals surface area contributed by atoms with Gasteiger partial charge in [0.15, 0.2) is 5.60 Å². The van der Waals surface area contributed by atoms with Crippen LogP contribution in [0.25, 0.3) is 0 Å². The first-order valence-electron chi connectivity index (χ1n) is 13.1. The average Bonchev–Trinajstić information content (AvgIpc) is 3.13. The number of nitrogens with one attached hydrogen (secondary N) is 2. The van der Waals surface area contributed by atoms with Crippen LogP contribution in [-0.4, -0.2) is 58.6 Å². The molecule has 4 rings (SSSR count). The molecule has 2 fully saturated rings. The number of aromatic nitrogens is 1. The summed E-state index contributed by atoms with van der Waals surface area (Å²) in [4.78, 5) is 31.9. The molecule has 2 bridgehead atoms. The Balaban J connectivity index is 1.36. The predicted molar refractivity (Wildman–Crippen MR) is 144 cm³/mol. The van der Waals surface area contributed by atoms with Gasteiger partial charge in [0.1, 0.15) is 11.6 Å². The molecule has 11 heteroatoms. The molecule has 0 aliphatic carbocycles. The van der Waals surface area contributed by atoms with Crippen molar-refractivity contribution in [1.82, 2.24) is 15.6 Å². The Morgan fingerprint density at radius 1 is 1.15 bits per heavy atom. The average molecular weight is 565 g/mol. The maximum atomic E-state index is 13.2. The number of benzene rings is 1. The molecular formula is C28H35ClF2N4O4. The monoisotopic (exact) mass is 564 g/mol. The molecule has 2 aromatic rings. The lowest BCUT2D eigenvalue weighted by molar-refractivity contribution is -0.135. The van der Waals surface area contributed by atoms with Crippen LogP contribution >= 0.6 is 11.6 Å². The van der Waals surface area contributed by atoms with Crippen LogP contribution in [0.2, 0.25) is 5.02 Å². The number of anilines is 1. The van der Waals surface area contributed by atoms with E-state index in [1.54, 1.807) is 58.0 Å². The highest BCUT2D eigenvalue weighted by atomic mass is 35.5. The fourth-order valence-corrected chi connectivity index (χ4v) is 5.48. The van der Waals surface area contributed by atoms with Crippen LogP contribution in [0.3, 0.4) is 0 Å². The molecule has 0 saturated carbocycles. The van der Waals surface area contributed by atoms with E-state index in [-0.39, 0.29) is 29.6 Å². The zero-order chi connectivity index (χ0) is 28.5. The summed E-state index contributed by atoms with van der Waals surface area (Å²) >= 11 is 6.38. The number of piperidine rings is 1. The number of amides is 2. The largest absolute Gasteiger partial charge is 0.476 e. The number of aliphatic hydroxyl groups is 1. The van der Waals surface area contributed by atoms with Crippen LogP contribution < -0.4 is 20.3 Å². The van der Waals surface area contributed by atoms with Crippen LogP contribution in [0, 0.1) is 0 Å². The Kier molecular flexibility index (Phi) is 8.37. The van der Waals surface area contributed by atoms with Gasteiger partial charge in [-0.2, -0.15) is 0 Å². The van der Waals surface area contributed by atoms with Crippen molar-refractivity contribution in [2.75, 3.05) is 11.4 Å². The highest BCUT2D eigenvalue weighted by molar-refractivity contribution is 6.32. The topological polar surface area (TPSA) is 104 Å². The second-order valence-electron chi connectivity index (χ2n) is 11.3. The third-order valence-electron chi connectivity index (χ3n) is 7.31. The minimum atomic E-state index is -2.61. The van der Waals surface area contributed by atoms with Gasteiger partial charge in [-0.1, -0.05) is 17.7 Å². The molecule has 0 unspecified atom stereocenters. The molecular weight excluding hydrogens is 530 g/mol. The van der Waals surface area contributed by atoms with Gasteiger partial charge in [0.2, 0.25) is 0 Å². The maximum Gasteiger partial charge on any atom is 0.263 e. The van der Waals surface area contributed by atoms with E-state index in [2.05, 4.69) is 20.5 Å². The molecule has 1 aromatic heterocycles. The van der Waals surface area contributed by atoms with Gasteiger partial charge >= 0.3 is 0 Å². The summed E-state index contributed by atoms with van der Waals surface area (Å²) in [6, 6.07) is 8.65. The summed E-state index contributed by atoms with van der Waals surface area (Å²) < 4.78 is 30.7. The van der Waals surface area contributed by atoms with E-state index in [1.165, 1.54) is 6.20 Å². The number of fused-ring (bicyclic) bond motifs is 2. The van der Waals surface area contributed by atoms with E-state index in [0.717, 1.165) is 31.5 Å². The molecule has 3 heterocycles. The molecule has 1 aromatic carbocycles. The number of hydrogen-bond acceptors (Lipinski definition) is 6. The second-order valence-corrected chi connectivity index (χ2v) is 11.7. The van der Waals surface area contributed by atoms with Crippen LogP contribution in [0.4, 0.5) is 14.6 Å². The normalized spacial score (nSPS) is 21.2. The Morgan fingerprint density at radius 3 is 2.36 bits per heavy atom. The molecule has 2 aliphatic rings. The van der Waals surface area contributed by atoms with Gasteiger partial charge in [0.05, 0.1) is 22.7 Å². The van der Waals surface area contributed by atoms with Crippen LogP contribution in [0.1, 0.15) is 69.3 Å². The lowest BCUT2D eigenvalue weighted by atomic mass is 9.96. The third kappa shape index (κ3) is 6.78. The van der Waals surface area contributed by atoms with Crippen LogP contribution in [0.5, 0.6) is 5.75 Å². The third-order valence-corrected chi connectivity index (χ3v) is 7.61. The van der Waals surface area contributed by atoms with Gasteiger partial charge in [-0.25, -0.2) is 13.8 Å². The van der Waals surface area contributed by atoms with E-state index in [0.29, 0.717) is 16.3 Å². The number of pyridine rings is 1. The maximum absolute atomic E-state index is 13.2. The van der Waals surface area contributed by atoms with Crippen molar-refractivity contribution in [1.29, 1.82) is 0 Å². The number of carbonyl (C=O) groups excluding carboxylic acids is 2. The van der Waals surface area contributed by atoms with Gasteiger partial charge in [-0.05, 0) is 83.2 Å². The molecule has 3 atom stereocenters. The predicted octanol–water partition coefficient (Wildman–Crippen LogP) is 4.43. The SMILES string of the molecule is CC(C)(Oc1ccc(C(C)(C)O)cc1Cl)C(=O)N[C@H]1C[C@H]2CC[C@@H](C1)N2c1ccc(C(=O)NCC(F)F)cn1. The van der Waals surface area contributed by atoms with Crippen LogP contribution in [-0.2, 0) is 10.4 Å². The minimum Gasteiger partial charge on any atom is -0.476 e. The summed E-state index contributed by atoms with van der Waals surface area (Å²) in [5, 5.41) is 15.8. The molecule has 0 radical (unpaired) electrons. The van der Waals surface area contributed by atoms with E-state index in [4.69, 9.17) is 16.3 Å². The number of nitrogens with zero attached hydrogens (tertiary/aromatic N) is 2. The first kappa shape index (κ1) is 29.0. The number of ether oxygens (including phenoxy) is 1. The van der Waals surface area contributed by atoms with Gasteiger partial charge in [-0.15, -0.1) is 0 Å². The Morgan fingerprint density at radius 2 is 1.82 bits per heavy atom. The van der Waals surface area contributed by atoms with Crippen LogP contribution in [0.15, 0.2) is 36.5 Å². The number of halogens is 3. The summed E-state index contributed by atoms with van der Waals surface area (Å²) in [6.07, 6.45) is 2.17. The van der Waals surface area contributed by atoms with E-state index < -0.39 is 30.1 Å². The summed E-state index contributed by atoms with van der Waals surface area (Å²) in [5.74, 6) is 0.251. The smallest absolute Gasteiger partial charge is 0.263 e. The van der Waals surface area contributed by atoms with Crippen molar-refractivity contribution in [3.05, 3.63) is 52.7 Å². The number of rotatable bonds is 9. The zero-order valence-corrected chi connectivity index (χ0v) is 23.3. The van der Waals surface area contributed by atoms with Gasteiger partial charge in [0.25, 0.3) is 18.2 Å². The fraction of sp³-hybridized carbons (Fsp3) is 0.536. The quantitative estimate of drug-likeness (QED) is 0.416. The molecule has 3 N–H and O–H groups in total. The highest BCUT2D eigenvalue weighted by Crippen LogP contribution is 2.39. The van der Waals surface area contributed by atoms with E-state index in [9.17, 15) is 23.5 Å². The Bertz CT molecular complexity index is 1190. The lowest BCUT2D eigenvalue weighted by Gasteiger charge is -2.40. The lowest BCUT2D eigenvalue weighted by Crippen LogP contribution is -2.55. The van der Waals surface area contributed by atoms with Crippen molar-refractivity contribution < 1.29 is 28.2 Å². The molecule has 2 amide bonds. The van der Waals surface area contributed by atoms with Crippen molar-refractivity contribution in [2.45, 2.75) is 89.1 Å². The van der Waals surface area contributed by atoms with Crippen molar-refractivity contribution in [3.63, 3.8) is 0 Å². The van der Waals surface area contributed by atoms with Crippen molar-refractivity contribution >= 4 is 29.2 Å². The zero-order valence-electron chi connectivity index (χ0n) is 22.5. The summed E-state index contributed by atoms with van der Waals surface area (Å²) in [5.41, 5.74) is -1.36. The fourth-order valence-electron chi connectivity index (χ4n) is 5.26. The minimum absolute atomic E-state index is 0.0402. The Labute approximate surface area is 232 Å². The van der Waals surface area contributed by atoms with Crippen molar-refractivity contribution in [3.8, 4) is 5.75 Å². The highest BCUT2D eigenvalue weighted by Gasteiger charge is 2.43. The first-order chi connectivity index (χ1) is 18.2. The first-order valence-corrected chi connectivity index (χ1v) is 13.5. The number of carbonyl (C=O) groups is 2. The van der Waals surface area contributed by atoms with E-state index >= 15 is 0 Å². The molecule has 0 spiro atoms. The molecule has 212 valence electrons. The molecule has 39 heavy (non-hydrogen) atoms. The molecule has 2 aliphatic heterocycles. The summed E-state index contributed by atoms with van der Waals surface area (Å²) in [6.45, 7) is 6.01. The van der Waals surface area contributed by atoms with Gasteiger partial charge in [-0.3, -0.25) is 9.59 Å². The van der Waals surface area contributed by atoms with Gasteiger partial charge in [0, 0.05) is 24.3 Å². The number of hydrogen-bond donors (Lipinski definition) is 3. The van der Waals surface area contributed by atoms with Gasteiger partial charge < -0.3 is 25.4 Å². The van der Waals surface area contributed by atoms with E-state index in [1.807, 2.05) is 0 Å². The number of alkyl halides is 2.